The fourth-order valence-electron chi connectivity index (χ4n) is 1.56. The van der Waals surface area contributed by atoms with Crippen molar-refractivity contribution in [3.63, 3.8) is 0 Å². The molecule has 0 aliphatic carbocycles. The summed E-state index contributed by atoms with van der Waals surface area (Å²) in [6, 6.07) is 4.52. The standard InChI is InChI=1S/C10H11ClN6O5S2/c1-24(19,20)17-6-4-5(2-3-7(6)23-22-21-18)13-10-15-8(11)14-9(12)16-10/h2-4,17-18H,1H3,(H3,12,13,14,15,16). The first-order chi connectivity index (χ1) is 11.3. The van der Waals surface area contributed by atoms with Crippen molar-refractivity contribution in [3.05, 3.63) is 23.5 Å². The van der Waals surface area contributed by atoms with Crippen molar-refractivity contribution in [3.8, 4) is 0 Å². The fourth-order valence-corrected chi connectivity index (χ4v) is 2.79. The van der Waals surface area contributed by atoms with Crippen LogP contribution in [0.4, 0.5) is 23.3 Å². The largest absolute Gasteiger partial charge is 0.368 e. The first-order valence-corrected chi connectivity index (χ1v) is 8.98. The normalized spacial score (nSPS) is 11.3. The fraction of sp³-hybridized carbons (Fsp3) is 0.100. The van der Waals surface area contributed by atoms with E-state index in [1.54, 1.807) is 6.07 Å². The van der Waals surface area contributed by atoms with E-state index in [1.165, 1.54) is 12.1 Å². The lowest BCUT2D eigenvalue weighted by Gasteiger charge is -2.12. The van der Waals surface area contributed by atoms with Crippen molar-refractivity contribution in [2.45, 2.75) is 4.90 Å². The maximum atomic E-state index is 11.5. The highest BCUT2D eigenvalue weighted by Crippen LogP contribution is 2.32. The topological polar surface area (TPSA) is 162 Å². The second kappa shape index (κ2) is 7.78. The highest BCUT2D eigenvalue weighted by atomic mass is 35.5. The third-order valence-corrected chi connectivity index (χ3v) is 3.73. The van der Waals surface area contributed by atoms with Gasteiger partial charge in [0.2, 0.25) is 27.2 Å². The maximum absolute atomic E-state index is 11.5. The van der Waals surface area contributed by atoms with Gasteiger partial charge >= 0.3 is 0 Å². The number of nitrogens with zero attached hydrogens (tertiary/aromatic N) is 3. The number of rotatable bonds is 7. The molecule has 2 rings (SSSR count). The van der Waals surface area contributed by atoms with Gasteiger partial charge in [0.25, 0.3) is 0 Å². The average molecular weight is 395 g/mol. The van der Waals surface area contributed by atoms with E-state index in [0.29, 0.717) is 22.6 Å². The maximum Gasteiger partial charge on any atom is 0.233 e. The van der Waals surface area contributed by atoms with Crippen molar-refractivity contribution in [2.75, 3.05) is 22.0 Å². The van der Waals surface area contributed by atoms with Gasteiger partial charge in [-0.15, -0.1) is 4.33 Å². The molecule has 0 spiro atoms. The molecule has 0 aliphatic heterocycles. The Balaban J connectivity index is 2.31. The van der Waals surface area contributed by atoms with Gasteiger partial charge in [0.15, 0.2) is 0 Å². The first kappa shape index (κ1) is 18.4. The van der Waals surface area contributed by atoms with Gasteiger partial charge in [0.05, 0.1) is 28.9 Å². The molecule has 0 atom stereocenters. The lowest BCUT2D eigenvalue weighted by molar-refractivity contribution is -0.432. The summed E-state index contributed by atoms with van der Waals surface area (Å²) < 4.78 is 29.5. The predicted octanol–water partition coefficient (Wildman–Crippen LogP) is 1.65. The van der Waals surface area contributed by atoms with Gasteiger partial charge in [-0.1, -0.05) is 5.04 Å². The Bertz CT molecular complexity index is 816. The molecule has 0 radical (unpaired) electrons. The van der Waals surface area contributed by atoms with E-state index >= 15 is 0 Å². The molecule has 5 N–H and O–H groups in total. The van der Waals surface area contributed by atoms with E-state index in [1.807, 2.05) is 0 Å². The molecule has 14 heteroatoms. The summed E-state index contributed by atoms with van der Waals surface area (Å²) in [7, 11) is -3.56. The van der Waals surface area contributed by atoms with Gasteiger partial charge in [-0.25, -0.2) is 13.7 Å². The molecule has 0 amide bonds. The van der Waals surface area contributed by atoms with E-state index in [0.717, 1.165) is 6.26 Å². The average Bonchev–Trinajstić information content (AvgIpc) is 2.43. The van der Waals surface area contributed by atoms with Crippen LogP contribution in [0.2, 0.25) is 5.28 Å². The number of benzene rings is 1. The van der Waals surface area contributed by atoms with Crippen LogP contribution < -0.4 is 15.8 Å². The molecule has 0 unspecified atom stereocenters. The van der Waals surface area contributed by atoms with Crippen LogP contribution in [-0.2, 0) is 19.4 Å². The van der Waals surface area contributed by atoms with Crippen LogP contribution in [0.1, 0.15) is 0 Å². The number of anilines is 4. The number of nitrogens with one attached hydrogen (secondary N) is 2. The van der Waals surface area contributed by atoms with Crippen molar-refractivity contribution in [1.82, 2.24) is 15.0 Å². The van der Waals surface area contributed by atoms with E-state index in [9.17, 15) is 8.42 Å². The quantitative estimate of drug-likeness (QED) is 0.306. The number of hydrogen-bond donors (Lipinski definition) is 4. The van der Waals surface area contributed by atoms with Crippen molar-refractivity contribution >= 4 is 56.9 Å². The molecule has 24 heavy (non-hydrogen) atoms. The van der Waals surface area contributed by atoms with Crippen LogP contribution in [0.5, 0.6) is 0 Å². The lowest BCUT2D eigenvalue weighted by atomic mass is 10.3. The number of halogens is 1. The predicted molar refractivity (Wildman–Crippen MR) is 88.1 cm³/mol. The Morgan fingerprint density at radius 3 is 2.71 bits per heavy atom. The summed E-state index contributed by atoms with van der Waals surface area (Å²) in [5, 5.41) is 14.4. The van der Waals surface area contributed by atoms with E-state index in [2.05, 4.69) is 34.4 Å². The summed E-state index contributed by atoms with van der Waals surface area (Å²) in [5.74, 6) is 0.000745. The molecule has 0 saturated carbocycles. The number of aromatic nitrogens is 3. The zero-order chi connectivity index (χ0) is 17.7. The van der Waals surface area contributed by atoms with Gasteiger partial charge < -0.3 is 11.1 Å². The molecule has 0 bridgehead atoms. The Hall–Kier alpha value is -1.90. The second-order valence-corrected chi connectivity index (χ2v) is 7.05. The zero-order valence-corrected chi connectivity index (χ0v) is 14.3. The zero-order valence-electron chi connectivity index (χ0n) is 11.9. The van der Waals surface area contributed by atoms with Crippen molar-refractivity contribution < 1.29 is 23.0 Å². The summed E-state index contributed by atoms with van der Waals surface area (Å²) in [4.78, 5) is 11.6. The van der Waals surface area contributed by atoms with Gasteiger partial charge in [0.1, 0.15) is 0 Å². The Morgan fingerprint density at radius 2 is 2.08 bits per heavy atom. The summed E-state index contributed by atoms with van der Waals surface area (Å²) in [5.41, 5.74) is 6.06. The number of nitrogens with two attached hydrogens (primary N) is 1. The molecule has 1 heterocycles. The van der Waals surface area contributed by atoms with Crippen LogP contribution in [0.25, 0.3) is 0 Å². The molecule has 2 aromatic rings. The van der Waals surface area contributed by atoms with Crippen LogP contribution in [0, 0.1) is 0 Å². The molecule has 0 saturated heterocycles. The van der Waals surface area contributed by atoms with E-state index < -0.39 is 10.0 Å². The Labute approximate surface area is 145 Å². The van der Waals surface area contributed by atoms with Crippen molar-refractivity contribution in [1.29, 1.82) is 0 Å². The molecule has 1 aromatic heterocycles. The minimum atomic E-state index is -3.56. The number of nitrogen functional groups attached to an aromatic ring is 1. The Kier molecular flexibility index (Phi) is 5.98. The van der Waals surface area contributed by atoms with E-state index in [4.69, 9.17) is 22.6 Å². The number of sulfonamides is 1. The summed E-state index contributed by atoms with van der Waals surface area (Å²) in [6.07, 6.45) is 0.984. The van der Waals surface area contributed by atoms with Gasteiger partial charge in [0, 0.05) is 5.69 Å². The third kappa shape index (κ3) is 5.63. The van der Waals surface area contributed by atoms with E-state index in [-0.39, 0.29) is 22.9 Å². The molecule has 1 aromatic carbocycles. The van der Waals surface area contributed by atoms with Crippen LogP contribution in [0.3, 0.4) is 0 Å². The summed E-state index contributed by atoms with van der Waals surface area (Å²) >= 11 is 6.28. The first-order valence-electron chi connectivity index (χ1n) is 5.97. The third-order valence-electron chi connectivity index (χ3n) is 2.31. The second-order valence-electron chi connectivity index (χ2n) is 4.22. The molecular formula is C10H11ClN6O5S2. The van der Waals surface area contributed by atoms with Crippen LogP contribution >= 0.6 is 23.6 Å². The monoisotopic (exact) mass is 394 g/mol. The number of hydrogen-bond acceptors (Lipinski definition) is 11. The Morgan fingerprint density at radius 1 is 1.33 bits per heavy atom. The summed E-state index contributed by atoms with van der Waals surface area (Å²) in [6.45, 7) is 0. The minimum Gasteiger partial charge on any atom is -0.368 e. The van der Waals surface area contributed by atoms with Gasteiger partial charge in [-0.3, -0.25) is 4.72 Å². The van der Waals surface area contributed by atoms with Gasteiger partial charge in [-0.05, 0) is 29.8 Å². The molecule has 11 nitrogen and oxygen atoms in total. The van der Waals surface area contributed by atoms with Crippen molar-refractivity contribution in [2.24, 2.45) is 0 Å². The molecule has 0 fully saturated rings. The molecule has 0 aliphatic rings. The van der Waals surface area contributed by atoms with Crippen LogP contribution in [0.15, 0.2) is 23.1 Å². The SMILES string of the molecule is CS(=O)(=O)Nc1cc(Nc2nc(N)nc(Cl)n2)ccc1SOOO. The highest BCUT2D eigenvalue weighted by molar-refractivity contribution is 7.95. The molecular weight excluding hydrogens is 384 g/mol. The van der Waals surface area contributed by atoms with Gasteiger partial charge in [-0.2, -0.15) is 15.0 Å². The highest BCUT2D eigenvalue weighted by Gasteiger charge is 2.12. The minimum absolute atomic E-state index is 0.0762. The van der Waals surface area contributed by atoms with Crippen LogP contribution in [-0.4, -0.2) is 34.9 Å². The lowest BCUT2D eigenvalue weighted by Crippen LogP contribution is -2.11. The molecule has 130 valence electrons. The smallest absolute Gasteiger partial charge is 0.233 e.